The maximum atomic E-state index is 11.2. The van der Waals surface area contributed by atoms with Crippen molar-refractivity contribution in [3.05, 3.63) is 0 Å². The van der Waals surface area contributed by atoms with Crippen molar-refractivity contribution in [2.24, 2.45) is 5.41 Å². The van der Waals surface area contributed by atoms with Crippen LogP contribution in [0.3, 0.4) is 0 Å². The van der Waals surface area contributed by atoms with Gasteiger partial charge in [-0.25, -0.2) is 0 Å². The fourth-order valence-corrected chi connectivity index (χ4v) is 2.32. The minimum absolute atomic E-state index is 0.414. The largest absolute Gasteiger partial charge is 0.481 e. The highest BCUT2D eigenvalue weighted by Gasteiger charge is 2.41. The zero-order valence-electron chi connectivity index (χ0n) is 10.3. The molecule has 94 valence electrons. The molecule has 1 saturated heterocycles. The Balaban J connectivity index is 2.16. The van der Waals surface area contributed by atoms with E-state index < -0.39 is 11.4 Å². The van der Waals surface area contributed by atoms with Crippen molar-refractivity contribution in [3.63, 3.8) is 0 Å². The van der Waals surface area contributed by atoms with Gasteiger partial charge in [-0.05, 0) is 12.8 Å². The van der Waals surface area contributed by atoms with Gasteiger partial charge < -0.3 is 9.84 Å². The van der Waals surface area contributed by atoms with E-state index in [2.05, 4.69) is 6.92 Å². The standard InChI is InChI=1S/C13H24O3/c1-2-3-4-5-6-7-8-13(12(14)15)9-10-16-11-13/h2-11H2,1H3,(H,14,15). The van der Waals surface area contributed by atoms with Gasteiger partial charge in [0.25, 0.3) is 0 Å². The van der Waals surface area contributed by atoms with Crippen LogP contribution < -0.4 is 0 Å². The summed E-state index contributed by atoms with van der Waals surface area (Å²) < 4.78 is 5.24. The lowest BCUT2D eigenvalue weighted by molar-refractivity contribution is -0.149. The number of rotatable bonds is 8. The van der Waals surface area contributed by atoms with Crippen molar-refractivity contribution in [3.8, 4) is 0 Å². The molecule has 0 aromatic rings. The van der Waals surface area contributed by atoms with E-state index in [9.17, 15) is 9.90 Å². The zero-order valence-corrected chi connectivity index (χ0v) is 10.3. The summed E-state index contributed by atoms with van der Waals surface area (Å²) in [7, 11) is 0. The predicted octanol–water partition coefficient (Wildman–Crippen LogP) is 3.23. The molecule has 0 radical (unpaired) electrons. The van der Waals surface area contributed by atoms with Crippen LogP contribution in [0.15, 0.2) is 0 Å². The summed E-state index contributed by atoms with van der Waals surface area (Å²) in [5.41, 5.74) is -0.565. The highest BCUT2D eigenvalue weighted by Crippen LogP contribution is 2.34. The summed E-state index contributed by atoms with van der Waals surface area (Å²) >= 11 is 0. The van der Waals surface area contributed by atoms with Crippen molar-refractivity contribution in [1.82, 2.24) is 0 Å². The molecular weight excluding hydrogens is 204 g/mol. The Kier molecular flexibility index (Phi) is 5.81. The van der Waals surface area contributed by atoms with E-state index in [0.29, 0.717) is 19.6 Å². The first-order valence-electron chi connectivity index (χ1n) is 6.52. The molecule has 1 fully saturated rings. The number of hydrogen-bond donors (Lipinski definition) is 1. The van der Waals surface area contributed by atoms with E-state index in [0.717, 1.165) is 19.3 Å². The van der Waals surface area contributed by atoms with Gasteiger partial charge in [0.1, 0.15) is 0 Å². The van der Waals surface area contributed by atoms with Crippen LogP contribution in [0.1, 0.15) is 58.3 Å². The summed E-state index contributed by atoms with van der Waals surface area (Å²) in [6, 6.07) is 0. The zero-order chi connectivity index (χ0) is 11.9. The summed E-state index contributed by atoms with van der Waals surface area (Å²) in [5, 5.41) is 9.22. The van der Waals surface area contributed by atoms with Crippen LogP contribution in [0, 0.1) is 5.41 Å². The van der Waals surface area contributed by atoms with Gasteiger partial charge in [-0.3, -0.25) is 4.79 Å². The average Bonchev–Trinajstić information content (AvgIpc) is 2.73. The average molecular weight is 228 g/mol. The van der Waals surface area contributed by atoms with Crippen molar-refractivity contribution in [2.45, 2.75) is 58.3 Å². The molecule has 16 heavy (non-hydrogen) atoms. The SMILES string of the molecule is CCCCCCCCC1(C(=O)O)CCOC1. The number of aliphatic carboxylic acids is 1. The van der Waals surface area contributed by atoms with Crippen LogP contribution in [0.25, 0.3) is 0 Å². The number of carbonyl (C=O) groups is 1. The van der Waals surface area contributed by atoms with Crippen molar-refractivity contribution in [2.75, 3.05) is 13.2 Å². The van der Waals surface area contributed by atoms with E-state index in [-0.39, 0.29) is 0 Å². The van der Waals surface area contributed by atoms with Crippen LogP contribution in [0.2, 0.25) is 0 Å². The normalized spacial score (nSPS) is 24.8. The second-order valence-electron chi connectivity index (χ2n) is 4.91. The topological polar surface area (TPSA) is 46.5 Å². The highest BCUT2D eigenvalue weighted by molar-refractivity contribution is 5.75. The molecule has 3 nitrogen and oxygen atoms in total. The molecule has 0 saturated carbocycles. The Morgan fingerprint density at radius 2 is 1.94 bits per heavy atom. The van der Waals surface area contributed by atoms with Crippen LogP contribution in [-0.4, -0.2) is 24.3 Å². The summed E-state index contributed by atoms with van der Waals surface area (Å²) in [5.74, 6) is -0.668. The minimum atomic E-state index is -0.668. The van der Waals surface area contributed by atoms with Gasteiger partial charge >= 0.3 is 5.97 Å². The fraction of sp³-hybridized carbons (Fsp3) is 0.923. The van der Waals surface area contributed by atoms with Crippen molar-refractivity contribution >= 4 is 5.97 Å². The van der Waals surface area contributed by atoms with Crippen LogP contribution in [0.4, 0.5) is 0 Å². The molecule has 0 spiro atoms. The molecule has 0 aliphatic carbocycles. The number of carboxylic acid groups (broad SMARTS) is 1. The maximum Gasteiger partial charge on any atom is 0.312 e. The molecule has 0 amide bonds. The van der Waals surface area contributed by atoms with Crippen LogP contribution in [-0.2, 0) is 9.53 Å². The second-order valence-corrected chi connectivity index (χ2v) is 4.91. The summed E-state index contributed by atoms with van der Waals surface area (Å²) in [4.78, 5) is 11.2. The Labute approximate surface area is 98.2 Å². The molecule has 0 aromatic carbocycles. The molecule has 1 aliphatic heterocycles. The van der Waals surface area contributed by atoms with Crippen molar-refractivity contribution < 1.29 is 14.6 Å². The summed E-state index contributed by atoms with van der Waals surface area (Å²) in [6.07, 6.45) is 8.75. The van der Waals surface area contributed by atoms with E-state index in [1.165, 1.54) is 25.7 Å². The lowest BCUT2D eigenvalue weighted by Crippen LogP contribution is -2.31. The van der Waals surface area contributed by atoms with E-state index in [1.54, 1.807) is 0 Å². The molecule has 1 atom stereocenters. The third-order valence-electron chi connectivity index (χ3n) is 3.57. The molecule has 1 N–H and O–H groups in total. The van der Waals surface area contributed by atoms with Gasteiger partial charge in [-0.2, -0.15) is 0 Å². The van der Waals surface area contributed by atoms with Gasteiger partial charge in [0.15, 0.2) is 0 Å². The first-order chi connectivity index (χ1) is 7.71. The fourth-order valence-electron chi connectivity index (χ4n) is 2.32. The van der Waals surface area contributed by atoms with Crippen LogP contribution in [0.5, 0.6) is 0 Å². The third-order valence-corrected chi connectivity index (χ3v) is 3.57. The van der Waals surface area contributed by atoms with Gasteiger partial charge in [-0.15, -0.1) is 0 Å². The molecule has 1 heterocycles. The Hall–Kier alpha value is -0.570. The predicted molar refractivity (Wildman–Crippen MR) is 63.5 cm³/mol. The Bertz CT molecular complexity index is 207. The lowest BCUT2D eigenvalue weighted by atomic mass is 9.82. The van der Waals surface area contributed by atoms with Gasteiger partial charge in [-0.1, -0.05) is 45.4 Å². The maximum absolute atomic E-state index is 11.2. The molecule has 3 heteroatoms. The van der Waals surface area contributed by atoms with E-state index in [4.69, 9.17) is 4.74 Å². The lowest BCUT2D eigenvalue weighted by Gasteiger charge is -2.21. The van der Waals surface area contributed by atoms with Crippen LogP contribution >= 0.6 is 0 Å². The number of hydrogen-bond acceptors (Lipinski definition) is 2. The van der Waals surface area contributed by atoms with Gasteiger partial charge in [0.05, 0.1) is 12.0 Å². The van der Waals surface area contributed by atoms with Crippen molar-refractivity contribution in [1.29, 1.82) is 0 Å². The quantitative estimate of drug-likeness (QED) is 0.649. The second kappa shape index (κ2) is 6.89. The molecule has 0 bridgehead atoms. The van der Waals surface area contributed by atoms with Gasteiger partial charge in [0.2, 0.25) is 0 Å². The number of carboxylic acids is 1. The van der Waals surface area contributed by atoms with Gasteiger partial charge in [0, 0.05) is 6.61 Å². The van der Waals surface area contributed by atoms with E-state index >= 15 is 0 Å². The minimum Gasteiger partial charge on any atom is -0.481 e. The smallest absolute Gasteiger partial charge is 0.312 e. The number of unbranched alkanes of at least 4 members (excludes halogenated alkanes) is 5. The first-order valence-corrected chi connectivity index (χ1v) is 6.52. The molecular formula is C13H24O3. The Morgan fingerprint density at radius 1 is 1.25 bits per heavy atom. The third kappa shape index (κ3) is 3.78. The molecule has 1 rings (SSSR count). The highest BCUT2D eigenvalue weighted by atomic mass is 16.5. The molecule has 0 aromatic heterocycles. The summed E-state index contributed by atoms with van der Waals surface area (Å²) in [6.45, 7) is 3.23. The van der Waals surface area contributed by atoms with E-state index in [1.807, 2.05) is 0 Å². The Morgan fingerprint density at radius 3 is 2.50 bits per heavy atom. The first kappa shape index (κ1) is 13.5. The number of ether oxygens (including phenoxy) is 1. The molecule has 1 aliphatic rings. The monoisotopic (exact) mass is 228 g/mol. The molecule has 1 unspecified atom stereocenters.